The molecule has 0 unspecified atom stereocenters. The number of fused-ring (bicyclic) bond motifs is 1. The lowest BCUT2D eigenvalue weighted by atomic mass is 9.98. The third kappa shape index (κ3) is 2.42. The molecular weight excluding hydrogens is 326 g/mol. The highest BCUT2D eigenvalue weighted by Gasteiger charge is 2.20. The van der Waals surface area contributed by atoms with E-state index in [1.54, 1.807) is 6.20 Å². The molecule has 0 radical (unpaired) electrons. The first kappa shape index (κ1) is 12.8. The minimum atomic E-state index is 0.636. The van der Waals surface area contributed by atoms with Gasteiger partial charge < -0.3 is 10.6 Å². The van der Waals surface area contributed by atoms with Crippen LogP contribution in [-0.4, -0.2) is 11.5 Å². The normalized spacial score (nSPS) is 14.3. The Morgan fingerprint density at radius 1 is 1.37 bits per heavy atom. The van der Waals surface area contributed by atoms with Crippen LogP contribution in [-0.2, 0) is 13.0 Å². The van der Waals surface area contributed by atoms with E-state index in [0.717, 1.165) is 35.5 Å². The number of halogens is 2. The number of rotatable bonds is 1. The number of pyridine rings is 1. The summed E-state index contributed by atoms with van der Waals surface area (Å²) in [4.78, 5) is 6.65. The van der Waals surface area contributed by atoms with Crippen molar-refractivity contribution in [2.75, 3.05) is 17.2 Å². The van der Waals surface area contributed by atoms with Crippen molar-refractivity contribution in [1.82, 2.24) is 4.98 Å². The molecule has 0 aliphatic carbocycles. The molecule has 2 aromatic rings. The van der Waals surface area contributed by atoms with Crippen LogP contribution in [0.15, 0.2) is 34.9 Å². The SMILES string of the molecule is Nc1cccc2c1CCN(c1ncc(Cl)cc1Br)C2. The highest BCUT2D eigenvalue weighted by molar-refractivity contribution is 9.10. The Morgan fingerprint density at radius 3 is 3.00 bits per heavy atom. The number of anilines is 2. The van der Waals surface area contributed by atoms with Gasteiger partial charge in [0.15, 0.2) is 0 Å². The zero-order valence-electron chi connectivity index (χ0n) is 10.2. The number of nitrogen functional groups attached to an aromatic ring is 1. The van der Waals surface area contributed by atoms with Gasteiger partial charge in [0.05, 0.1) is 9.50 Å². The molecule has 2 heterocycles. The van der Waals surface area contributed by atoms with Crippen LogP contribution in [0.2, 0.25) is 5.02 Å². The molecule has 0 saturated carbocycles. The molecule has 3 nitrogen and oxygen atoms in total. The first-order chi connectivity index (χ1) is 9.15. The quantitative estimate of drug-likeness (QED) is 0.807. The van der Waals surface area contributed by atoms with Gasteiger partial charge in [0.1, 0.15) is 5.82 Å². The second-order valence-electron chi connectivity index (χ2n) is 4.62. The highest BCUT2D eigenvalue weighted by atomic mass is 79.9. The zero-order valence-corrected chi connectivity index (χ0v) is 12.6. The second-order valence-corrected chi connectivity index (χ2v) is 5.91. The van der Waals surface area contributed by atoms with Gasteiger partial charge in [0, 0.05) is 25.0 Å². The Hall–Kier alpha value is -1.26. The third-order valence-corrected chi connectivity index (χ3v) is 4.18. The Labute approximate surface area is 125 Å². The minimum Gasteiger partial charge on any atom is -0.398 e. The summed E-state index contributed by atoms with van der Waals surface area (Å²) in [5.74, 6) is 0.928. The summed E-state index contributed by atoms with van der Waals surface area (Å²) in [7, 11) is 0. The van der Waals surface area contributed by atoms with Crippen LogP contribution < -0.4 is 10.6 Å². The number of aromatic nitrogens is 1. The summed E-state index contributed by atoms with van der Waals surface area (Å²) in [5, 5.41) is 0.636. The number of nitrogens with zero attached hydrogens (tertiary/aromatic N) is 2. The van der Waals surface area contributed by atoms with Gasteiger partial charge in [-0.3, -0.25) is 0 Å². The largest absolute Gasteiger partial charge is 0.398 e. The first-order valence-corrected chi connectivity index (χ1v) is 7.24. The molecule has 1 aliphatic heterocycles. The second kappa shape index (κ2) is 5.02. The van der Waals surface area contributed by atoms with Crippen molar-refractivity contribution in [3.05, 3.63) is 51.1 Å². The van der Waals surface area contributed by atoms with Crippen molar-refractivity contribution in [1.29, 1.82) is 0 Å². The average Bonchev–Trinajstić information content (AvgIpc) is 2.38. The fourth-order valence-electron chi connectivity index (χ4n) is 2.46. The van der Waals surface area contributed by atoms with E-state index in [1.807, 2.05) is 18.2 Å². The number of hydrogen-bond acceptors (Lipinski definition) is 3. The molecule has 0 spiro atoms. The van der Waals surface area contributed by atoms with E-state index in [9.17, 15) is 0 Å². The monoisotopic (exact) mass is 337 g/mol. The maximum absolute atomic E-state index is 6.01. The Morgan fingerprint density at radius 2 is 2.21 bits per heavy atom. The Balaban J connectivity index is 1.93. The van der Waals surface area contributed by atoms with Crippen LogP contribution in [0.1, 0.15) is 11.1 Å². The van der Waals surface area contributed by atoms with E-state index in [1.165, 1.54) is 11.1 Å². The molecule has 0 atom stereocenters. The number of benzene rings is 1. The van der Waals surface area contributed by atoms with Crippen LogP contribution in [0.4, 0.5) is 11.5 Å². The van der Waals surface area contributed by atoms with Crippen LogP contribution in [0.3, 0.4) is 0 Å². The molecule has 3 rings (SSSR count). The predicted molar refractivity (Wildman–Crippen MR) is 82.6 cm³/mol. The summed E-state index contributed by atoms with van der Waals surface area (Å²) in [6.45, 7) is 1.74. The van der Waals surface area contributed by atoms with Crippen molar-refractivity contribution in [3.63, 3.8) is 0 Å². The van der Waals surface area contributed by atoms with Gasteiger partial charge in [-0.15, -0.1) is 0 Å². The number of nitrogens with two attached hydrogens (primary N) is 1. The summed E-state index contributed by atoms with van der Waals surface area (Å²) in [6.07, 6.45) is 2.62. The molecule has 1 aliphatic rings. The Kier molecular flexibility index (Phi) is 3.37. The lowest BCUT2D eigenvalue weighted by Gasteiger charge is -2.31. The summed E-state index contributed by atoms with van der Waals surface area (Å²) in [6, 6.07) is 7.97. The van der Waals surface area contributed by atoms with Gasteiger partial charge in [0.2, 0.25) is 0 Å². The van der Waals surface area contributed by atoms with Crippen LogP contribution >= 0.6 is 27.5 Å². The first-order valence-electron chi connectivity index (χ1n) is 6.07. The van der Waals surface area contributed by atoms with Gasteiger partial charge in [0.25, 0.3) is 0 Å². The molecule has 0 amide bonds. The fourth-order valence-corrected chi connectivity index (χ4v) is 3.35. The molecule has 1 aromatic carbocycles. The lowest BCUT2D eigenvalue weighted by molar-refractivity contribution is 0.721. The Bertz CT molecular complexity index is 630. The summed E-state index contributed by atoms with van der Waals surface area (Å²) in [5.41, 5.74) is 9.44. The molecule has 5 heteroatoms. The van der Waals surface area contributed by atoms with Gasteiger partial charge in [-0.25, -0.2) is 4.98 Å². The smallest absolute Gasteiger partial charge is 0.143 e. The molecule has 98 valence electrons. The molecule has 0 saturated heterocycles. The maximum Gasteiger partial charge on any atom is 0.143 e. The van der Waals surface area contributed by atoms with Crippen molar-refractivity contribution in [2.45, 2.75) is 13.0 Å². The van der Waals surface area contributed by atoms with Gasteiger partial charge in [-0.2, -0.15) is 0 Å². The van der Waals surface area contributed by atoms with Crippen LogP contribution in [0, 0.1) is 0 Å². The number of hydrogen-bond donors (Lipinski definition) is 1. The molecule has 0 fully saturated rings. The lowest BCUT2D eigenvalue weighted by Crippen LogP contribution is -2.31. The molecule has 19 heavy (non-hydrogen) atoms. The predicted octanol–water partition coefficient (Wildman–Crippen LogP) is 3.64. The van der Waals surface area contributed by atoms with Crippen molar-refractivity contribution in [3.8, 4) is 0 Å². The van der Waals surface area contributed by atoms with Crippen molar-refractivity contribution < 1.29 is 0 Å². The van der Waals surface area contributed by atoms with E-state index in [4.69, 9.17) is 17.3 Å². The molecule has 0 bridgehead atoms. The average molecular weight is 339 g/mol. The van der Waals surface area contributed by atoms with E-state index < -0.39 is 0 Å². The standard InChI is InChI=1S/C14H13BrClN3/c15-12-6-10(16)7-18-14(12)19-5-4-11-9(8-19)2-1-3-13(11)17/h1-3,6-7H,4-5,8,17H2. The highest BCUT2D eigenvalue weighted by Crippen LogP contribution is 2.31. The fraction of sp³-hybridized carbons (Fsp3) is 0.214. The van der Waals surface area contributed by atoms with Crippen molar-refractivity contribution >= 4 is 39.0 Å². The molecule has 1 aromatic heterocycles. The van der Waals surface area contributed by atoms with Gasteiger partial charge >= 0.3 is 0 Å². The third-order valence-electron chi connectivity index (χ3n) is 3.39. The van der Waals surface area contributed by atoms with Crippen LogP contribution in [0.5, 0.6) is 0 Å². The minimum absolute atomic E-state index is 0.636. The summed E-state index contributed by atoms with van der Waals surface area (Å²) >= 11 is 9.45. The zero-order chi connectivity index (χ0) is 13.4. The van der Waals surface area contributed by atoms with E-state index >= 15 is 0 Å². The van der Waals surface area contributed by atoms with Crippen LogP contribution in [0.25, 0.3) is 0 Å². The molecule has 2 N–H and O–H groups in total. The van der Waals surface area contributed by atoms with Gasteiger partial charge in [-0.1, -0.05) is 23.7 Å². The molecular formula is C14H13BrClN3. The van der Waals surface area contributed by atoms with Crippen molar-refractivity contribution in [2.24, 2.45) is 0 Å². The maximum atomic E-state index is 6.01. The summed E-state index contributed by atoms with van der Waals surface area (Å²) < 4.78 is 0.923. The van der Waals surface area contributed by atoms with Gasteiger partial charge in [-0.05, 0) is 45.6 Å². The topological polar surface area (TPSA) is 42.1 Å². The van der Waals surface area contributed by atoms with E-state index in [2.05, 4.69) is 31.9 Å². The van der Waals surface area contributed by atoms with E-state index in [0.29, 0.717) is 5.02 Å². The van der Waals surface area contributed by atoms with E-state index in [-0.39, 0.29) is 0 Å².